The lowest BCUT2D eigenvalue weighted by Crippen LogP contribution is -2.26. The average molecular weight is 337 g/mol. The van der Waals surface area contributed by atoms with E-state index in [-0.39, 0.29) is 23.6 Å². The topological polar surface area (TPSA) is 127 Å². The molecule has 0 aliphatic heterocycles. The molecule has 4 atom stereocenters. The Morgan fingerprint density at radius 1 is 0.889 bits per heavy atom. The van der Waals surface area contributed by atoms with Crippen molar-refractivity contribution in [3.63, 3.8) is 0 Å². The van der Waals surface area contributed by atoms with Gasteiger partial charge in [-0.2, -0.15) is 0 Å². The molecular formula is C8H20N2O4S4. The molecule has 0 radical (unpaired) electrons. The van der Waals surface area contributed by atoms with Crippen molar-refractivity contribution in [3.05, 3.63) is 0 Å². The van der Waals surface area contributed by atoms with Gasteiger partial charge in [-0.15, -0.1) is 0 Å². The van der Waals surface area contributed by atoms with Crippen LogP contribution in [0.25, 0.3) is 0 Å². The van der Waals surface area contributed by atoms with E-state index in [1.165, 1.54) is 0 Å². The molecule has 10 heteroatoms. The van der Waals surface area contributed by atoms with Gasteiger partial charge >= 0.3 is 0 Å². The van der Waals surface area contributed by atoms with E-state index in [0.29, 0.717) is 24.3 Å². The van der Waals surface area contributed by atoms with E-state index in [1.807, 2.05) is 0 Å². The normalized spacial score (nSPS) is 18.2. The molecule has 0 aromatic heterocycles. The first kappa shape index (κ1) is 18.8. The van der Waals surface area contributed by atoms with E-state index in [0.717, 1.165) is 0 Å². The summed E-state index contributed by atoms with van der Waals surface area (Å²) in [7, 11) is 3.14. The van der Waals surface area contributed by atoms with Crippen LogP contribution in [0.5, 0.6) is 0 Å². The summed E-state index contributed by atoms with van der Waals surface area (Å²) in [4.78, 5) is 0. The molecule has 0 saturated heterocycles. The first-order valence-electron chi connectivity index (χ1n) is 5.32. The second-order valence-electron chi connectivity index (χ2n) is 3.72. The van der Waals surface area contributed by atoms with Crippen molar-refractivity contribution in [1.29, 1.82) is 0 Å². The van der Waals surface area contributed by atoms with Gasteiger partial charge in [0.25, 0.3) is 0 Å². The fraction of sp³-hybridized carbons (Fsp3) is 1.00. The molecule has 4 unspecified atom stereocenters. The molecule has 0 aromatic rings. The van der Waals surface area contributed by atoms with Gasteiger partial charge in [0.15, 0.2) is 22.2 Å². The predicted octanol–water partition coefficient (Wildman–Crippen LogP) is 0.246. The van der Waals surface area contributed by atoms with Gasteiger partial charge < -0.3 is 20.6 Å². The molecule has 110 valence electrons. The molecule has 0 fully saturated rings. The minimum Gasteiger partial charge on any atom is -0.327 e. The fourth-order valence-corrected chi connectivity index (χ4v) is 4.45. The minimum atomic E-state index is -1.78. The van der Waals surface area contributed by atoms with Crippen LogP contribution >= 0.6 is 21.6 Å². The van der Waals surface area contributed by atoms with Gasteiger partial charge in [-0.05, 0) is 12.8 Å². The average Bonchev–Trinajstić information content (AvgIpc) is 2.29. The smallest absolute Gasteiger partial charge is 0.152 e. The molecule has 0 amide bonds. The van der Waals surface area contributed by atoms with Crippen LogP contribution in [0.4, 0.5) is 0 Å². The van der Waals surface area contributed by atoms with Gasteiger partial charge in [0.2, 0.25) is 0 Å². The highest BCUT2D eigenvalue weighted by Gasteiger charge is 2.08. The van der Waals surface area contributed by atoms with Gasteiger partial charge in [-0.3, -0.25) is 0 Å². The second-order valence-corrected chi connectivity index (χ2v) is 8.37. The van der Waals surface area contributed by atoms with Crippen molar-refractivity contribution in [1.82, 2.24) is 0 Å². The molecule has 18 heavy (non-hydrogen) atoms. The van der Waals surface area contributed by atoms with E-state index >= 15 is 0 Å². The summed E-state index contributed by atoms with van der Waals surface area (Å²) >= 11 is -3.55. The highest BCUT2D eigenvalue weighted by atomic mass is 33.1. The number of hydrogen-bond acceptors (Lipinski definition) is 6. The maximum Gasteiger partial charge on any atom is 0.152 e. The Morgan fingerprint density at radius 3 is 1.50 bits per heavy atom. The monoisotopic (exact) mass is 336 g/mol. The van der Waals surface area contributed by atoms with Crippen LogP contribution in [-0.2, 0) is 22.2 Å². The SMILES string of the molecule is NC(CCS(=O)O)CSSCC(N)CCS(=O)O. The highest BCUT2D eigenvalue weighted by molar-refractivity contribution is 8.76. The molecule has 0 aliphatic rings. The Morgan fingerprint density at radius 2 is 1.22 bits per heavy atom. The second kappa shape index (κ2) is 11.6. The first-order chi connectivity index (χ1) is 8.41. The Kier molecular flexibility index (Phi) is 12.2. The van der Waals surface area contributed by atoms with Crippen molar-refractivity contribution in [3.8, 4) is 0 Å². The first-order valence-corrected chi connectivity index (χ1v) is 10.4. The molecule has 0 spiro atoms. The largest absolute Gasteiger partial charge is 0.327 e. The summed E-state index contributed by atoms with van der Waals surface area (Å²) in [6.45, 7) is 0. The third kappa shape index (κ3) is 13.3. The van der Waals surface area contributed by atoms with Gasteiger partial charge in [0.1, 0.15) is 0 Å². The van der Waals surface area contributed by atoms with E-state index < -0.39 is 22.2 Å². The van der Waals surface area contributed by atoms with Crippen LogP contribution in [0.1, 0.15) is 12.8 Å². The van der Waals surface area contributed by atoms with Crippen molar-refractivity contribution in [2.45, 2.75) is 24.9 Å². The standard InChI is InChI=1S/C8H20N2O4S4/c9-7(1-3-17(11)12)5-15-16-6-8(10)2-4-18(13)14/h7-8H,1-6,9-10H2,(H,11,12)(H,13,14). The summed E-state index contributed by atoms with van der Waals surface area (Å²) in [6, 6.07) is -0.195. The zero-order valence-corrected chi connectivity index (χ0v) is 13.2. The zero-order chi connectivity index (χ0) is 14.0. The summed E-state index contributed by atoms with van der Waals surface area (Å²) in [5, 5.41) is 0. The van der Waals surface area contributed by atoms with Crippen molar-refractivity contribution in [2.75, 3.05) is 23.0 Å². The van der Waals surface area contributed by atoms with E-state index in [9.17, 15) is 8.42 Å². The van der Waals surface area contributed by atoms with Crippen LogP contribution in [0, 0.1) is 0 Å². The van der Waals surface area contributed by atoms with Crippen molar-refractivity contribution < 1.29 is 17.5 Å². The van der Waals surface area contributed by atoms with Crippen LogP contribution in [0.2, 0.25) is 0 Å². The van der Waals surface area contributed by atoms with Gasteiger partial charge in [-0.1, -0.05) is 21.6 Å². The van der Waals surface area contributed by atoms with Crippen LogP contribution < -0.4 is 11.5 Å². The van der Waals surface area contributed by atoms with Crippen LogP contribution in [0.3, 0.4) is 0 Å². The maximum atomic E-state index is 10.4. The number of rotatable bonds is 11. The number of hydrogen-bond donors (Lipinski definition) is 4. The molecule has 0 rings (SSSR count). The summed E-state index contributed by atoms with van der Waals surface area (Å²) in [5.74, 6) is 1.80. The molecule has 6 nitrogen and oxygen atoms in total. The fourth-order valence-electron chi connectivity index (χ4n) is 0.942. The molecular weight excluding hydrogens is 316 g/mol. The third-order valence-corrected chi connectivity index (χ3v) is 5.76. The zero-order valence-electron chi connectivity index (χ0n) is 9.90. The molecule has 0 aromatic carbocycles. The lowest BCUT2D eigenvalue weighted by atomic mass is 10.3. The Balaban J connectivity index is 3.43. The minimum absolute atomic E-state index is 0.0974. The summed E-state index contributed by atoms with van der Waals surface area (Å²) < 4.78 is 38.0. The summed E-state index contributed by atoms with van der Waals surface area (Å²) in [6.07, 6.45) is 1.04. The van der Waals surface area contributed by atoms with Gasteiger partial charge in [-0.25, -0.2) is 8.42 Å². The van der Waals surface area contributed by atoms with Gasteiger partial charge in [0, 0.05) is 23.6 Å². The van der Waals surface area contributed by atoms with E-state index in [1.54, 1.807) is 21.6 Å². The molecule has 6 N–H and O–H groups in total. The van der Waals surface area contributed by atoms with E-state index in [2.05, 4.69) is 0 Å². The van der Waals surface area contributed by atoms with Gasteiger partial charge in [0.05, 0.1) is 11.5 Å². The quantitative estimate of drug-likeness (QED) is 0.240. The molecule has 0 bridgehead atoms. The third-order valence-electron chi connectivity index (χ3n) is 1.97. The Hall–Kier alpha value is 0.840. The van der Waals surface area contributed by atoms with Crippen LogP contribution in [-0.4, -0.2) is 52.6 Å². The lowest BCUT2D eigenvalue weighted by molar-refractivity contribution is 0.556. The predicted molar refractivity (Wildman–Crippen MR) is 81.4 cm³/mol. The molecule has 0 saturated carbocycles. The molecule has 0 heterocycles. The van der Waals surface area contributed by atoms with Crippen LogP contribution in [0.15, 0.2) is 0 Å². The Labute approximate surface area is 120 Å². The maximum absolute atomic E-state index is 10.4. The highest BCUT2D eigenvalue weighted by Crippen LogP contribution is 2.23. The lowest BCUT2D eigenvalue weighted by Gasteiger charge is -2.11. The van der Waals surface area contributed by atoms with E-state index in [4.69, 9.17) is 20.6 Å². The van der Waals surface area contributed by atoms with Crippen molar-refractivity contribution >= 4 is 43.7 Å². The number of nitrogens with two attached hydrogens (primary N) is 2. The Bertz CT molecular complexity index is 243. The summed E-state index contributed by atoms with van der Waals surface area (Å²) in [5.41, 5.74) is 11.5. The van der Waals surface area contributed by atoms with Crippen molar-refractivity contribution in [2.24, 2.45) is 11.5 Å². The molecule has 0 aliphatic carbocycles.